The molecule has 3 N–H and O–H groups in total. The second-order valence-corrected chi connectivity index (χ2v) is 7.40. The van der Waals surface area contributed by atoms with Crippen LogP contribution in [-0.2, 0) is 4.79 Å². The molecule has 1 unspecified atom stereocenters. The van der Waals surface area contributed by atoms with E-state index in [2.05, 4.69) is 14.1 Å². The lowest BCUT2D eigenvalue weighted by Crippen LogP contribution is -2.36. The number of carbonyl (C=O) groups excluding carboxylic acids is 1. The third-order valence-electron chi connectivity index (χ3n) is 4.49. The van der Waals surface area contributed by atoms with Gasteiger partial charge in [0, 0.05) is 58.7 Å². The van der Waals surface area contributed by atoms with Crippen molar-refractivity contribution in [2.45, 2.75) is 17.4 Å². The molecule has 0 saturated heterocycles. The molecule has 1 aliphatic rings. The van der Waals surface area contributed by atoms with Gasteiger partial charge >= 0.3 is 6.61 Å². The normalized spacial score (nSPS) is 15.2. The fraction of sp³-hybridized carbons (Fsp3) is 0.250. The van der Waals surface area contributed by atoms with E-state index in [1.54, 1.807) is 6.07 Å². The molecule has 1 aromatic heterocycles. The number of nitrogens with two attached hydrogens (primary N) is 1. The quantitative estimate of drug-likeness (QED) is 0.472. The summed E-state index contributed by atoms with van der Waals surface area (Å²) in [7, 11) is 0. The summed E-state index contributed by atoms with van der Waals surface area (Å²) in [5.74, 6) is -2.23. The number of aliphatic hydroxyl groups excluding tert-OH is 1. The van der Waals surface area contributed by atoms with E-state index in [1.165, 1.54) is 47.6 Å². The maximum absolute atomic E-state index is 14.1. The zero-order valence-electron chi connectivity index (χ0n) is 16.1. The van der Waals surface area contributed by atoms with Crippen molar-refractivity contribution in [3.8, 4) is 5.88 Å². The van der Waals surface area contributed by atoms with Crippen molar-refractivity contribution in [1.29, 1.82) is 0 Å². The van der Waals surface area contributed by atoms with Crippen molar-refractivity contribution in [3.63, 3.8) is 0 Å². The van der Waals surface area contributed by atoms with Gasteiger partial charge in [-0.2, -0.15) is 8.78 Å². The molecule has 0 saturated carbocycles. The Bertz CT molecular complexity index is 986. The summed E-state index contributed by atoms with van der Waals surface area (Å²) in [4.78, 5) is 18.6. The minimum atomic E-state index is -2.95. The van der Waals surface area contributed by atoms with Gasteiger partial charge in [0.1, 0.15) is 5.82 Å². The highest BCUT2D eigenvalue weighted by Crippen LogP contribution is 2.25. The minimum absolute atomic E-state index is 0.123. The Morgan fingerprint density at radius 2 is 2.10 bits per heavy atom. The maximum Gasteiger partial charge on any atom is 0.388 e. The molecule has 0 aliphatic carbocycles. The molecular weight excluding hydrogens is 433 g/mol. The molecule has 0 radical (unpaired) electrons. The standard InChI is InChI=1S/C20H19F3N4O3S/c21-16-4-2-1-3-14(16)15(11-28)19(29)27-9-12(17(24)10-27)7-26-31-13-5-6-18(25-8-13)30-20(22)23/h1-8,15,20,28H,9-11,24H2/b26-7+. The van der Waals surface area contributed by atoms with E-state index >= 15 is 0 Å². The molecule has 1 aliphatic heterocycles. The number of nitrogens with zero attached hydrogens (tertiary/aromatic N) is 3. The van der Waals surface area contributed by atoms with Gasteiger partial charge in [0.25, 0.3) is 0 Å². The zero-order chi connectivity index (χ0) is 22.4. The fourth-order valence-corrected chi connectivity index (χ4v) is 3.50. The first kappa shape index (κ1) is 22.6. The van der Waals surface area contributed by atoms with Gasteiger partial charge in [-0.25, -0.2) is 13.8 Å². The van der Waals surface area contributed by atoms with Crippen molar-refractivity contribution >= 4 is 24.1 Å². The number of pyridine rings is 1. The molecule has 2 heterocycles. The first-order valence-corrected chi connectivity index (χ1v) is 9.89. The van der Waals surface area contributed by atoms with Gasteiger partial charge in [-0.1, -0.05) is 18.2 Å². The van der Waals surface area contributed by atoms with Gasteiger partial charge in [-0.15, -0.1) is 0 Å². The second-order valence-electron chi connectivity index (χ2n) is 6.54. The highest BCUT2D eigenvalue weighted by molar-refractivity contribution is 7.98. The predicted octanol–water partition coefficient (Wildman–Crippen LogP) is 2.73. The third-order valence-corrected chi connectivity index (χ3v) is 5.16. The minimum Gasteiger partial charge on any atom is -0.417 e. The van der Waals surface area contributed by atoms with Crippen molar-refractivity contribution < 1.29 is 27.8 Å². The molecule has 1 atom stereocenters. The molecule has 0 bridgehead atoms. The van der Waals surface area contributed by atoms with E-state index in [0.717, 1.165) is 11.9 Å². The van der Waals surface area contributed by atoms with Crippen LogP contribution < -0.4 is 10.5 Å². The molecule has 7 nitrogen and oxygen atoms in total. The number of halogens is 3. The smallest absolute Gasteiger partial charge is 0.388 e. The molecule has 31 heavy (non-hydrogen) atoms. The second kappa shape index (κ2) is 10.3. The van der Waals surface area contributed by atoms with Crippen LogP contribution in [0.15, 0.2) is 63.2 Å². The molecular formula is C20H19F3N4O3S. The van der Waals surface area contributed by atoms with Crippen molar-refractivity contribution in [3.05, 3.63) is 65.2 Å². The van der Waals surface area contributed by atoms with Crippen LogP contribution in [0.25, 0.3) is 0 Å². The monoisotopic (exact) mass is 452 g/mol. The first-order chi connectivity index (χ1) is 14.9. The summed E-state index contributed by atoms with van der Waals surface area (Å²) >= 11 is 1.04. The number of hydrogen-bond donors (Lipinski definition) is 2. The summed E-state index contributed by atoms with van der Waals surface area (Å²) < 4.78 is 46.7. The average molecular weight is 452 g/mol. The Hall–Kier alpha value is -3.05. The van der Waals surface area contributed by atoms with Crippen LogP contribution >= 0.6 is 11.9 Å². The summed E-state index contributed by atoms with van der Waals surface area (Å²) in [6.45, 7) is -3.18. The average Bonchev–Trinajstić information content (AvgIpc) is 3.11. The van der Waals surface area contributed by atoms with Gasteiger partial charge in [0.05, 0.1) is 19.1 Å². The largest absolute Gasteiger partial charge is 0.417 e. The molecule has 11 heteroatoms. The number of alkyl halides is 2. The fourth-order valence-electron chi connectivity index (χ4n) is 2.97. The SMILES string of the molecule is NC1=C(/C=N/Sc2ccc(OC(F)F)nc2)CN(C(=O)C(CO)c2ccccc2F)C1. The number of ether oxygens (including phenoxy) is 1. The third kappa shape index (κ3) is 5.76. The van der Waals surface area contributed by atoms with Gasteiger partial charge in [0.15, 0.2) is 0 Å². The predicted molar refractivity (Wildman–Crippen MR) is 109 cm³/mol. The summed E-state index contributed by atoms with van der Waals surface area (Å²) in [6.07, 6.45) is 2.83. The molecule has 2 aromatic rings. The number of carbonyl (C=O) groups is 1. The number of rotatable bonds is 8. The number of hydrogen-bond acceptors (Lipinski definition) is 7. The van der Waals surface area contributed by atoms with Gasteiger partial charge in [-0.05, 0) is 12.1 Å². The number of aliphatic hydroxyl groups is 1. The molecule has 164 valence electrons. The lowest BCUT2D eigenvalue weighted by molar-refractivity contribution is -0.132. The highest BCUT2D eigenvalue weighted by Gasteiger charge is 2.31. The maximum atomic E-state index is 14.1. The number of benzene rings is 1. The Labute approximate surface area is 180 Å². The molecule has 0 spiro atoms. The van der Waals surface area contributed by atoms with E-state index in [-0.39, 0.29) is 24.5 Å². The summed E-state index contributed by atoms with van der Waals surface area (Å²) in [6, 6.07) is 8.62. The van der Waals surface area contributed by atoms with Crippen LogP contribution in [0.5, 0.6) is 5.88 Å². The topological polar surface area (TPSA) is 101 Å². The lowest BCUT2D eigenvalue weighted by atomic mass is 9.98. The molecule has 3 rings (SSSR count). The van der Waals surface area contributed by atoms with Crippen LogP contribution in [0.2, 0.25) is 0 Å². The van der Waals surface area contributed by atoms with E-state index in [4.69, 9.17) is 5.73 Å². The Kier molecular flexibility index (Phi) is 7.53. The Morgan fingerprint density at radius 3 is 2.74 bits per heavy atom. The van der Waals surface area contributed by atoms with Crippen LogP contribution in [-0.4, -0.2) is 53.4 Å². The molecule has 1 aromatic carbocycles. The van der Waals surface area contributed by atoms with Crippen molar-refractivity contribution in [1.82, 2.24) is 9.88 Å². The van der Waals surface area contributed by atoms with Crippen LogP contribution in [0, 0.1) is 5.82 Å². The van der Waals surface area contributed by atoms with E-state index in [9.17, 15) is 23.1 Å². The first-order valence-electron chi connectivity index (χ1n) is 9.12. The van der Waals surface area contributed by atoms with Gasteiger partial charge < -0.3 is 20.5 Å². The van der Waals surface area contributed by atoms with E-state index in [0.29, 0.717) is 16.2 Å². The van der Waals surface area contributed by atoms with E-state index in [1.807, 2.05) is 0 Å². The molecule has 1 amide bonds. The summed E-state index contributed by atoms with van der Waals surface area (Å²) in [5, 5.41) is 9.66. The Balaban J connectivity index is 1.60. The zero-order valence-corrected chi connectivity index (χ0v) is 16.9. The number of aromatic nitrogens is 1. The lowest BCUT2D eigenvalue weighted by Gasteiger charge is -2.22. The highest BCUT2D eigenvalue weighted by atomic mass is 32.2. The Morgan fingerprint density at radius 1 is 1.32 bits per heavy atom. The van der Waals surface area contributed by atoms with E-state index < -0.39 is 30.9 Å². The van der Waals surface area contributed by atoms with Crippen molar-refractivity contribution in [2.75, 3.05) is 19.7 Å². The van der Waals surface area contributed by atoms with Crippen LogP contribution in [0.4, 0.5) is 13.2 Å². The van der Waals surface area contributed by atoms with Crippen molar-refractivity contribution in [2.24, 2.45) is 10.1 Å². The van der Waals surface area contributed by atoms with Gasteiger partial charge in [-0.3, -0.25) is 4.79 Å². The summed E-state index contributed by atoms with van der Waals surface area (Å²) in [5.41, 5.74) is 7.18. The number of amides is 1. The van der Waals surface area contributed by atoms with Crippen LogP contribution in [0.1, 0.15) is 11.5 Å². The molecule has 0 fully saturated rings. The van der Waals surface area contributed by atoms with Gasteiger partial charge in [0.2, 0.25) is 11.8 Å². The van der Waals surface area contributed by atoms with Crippen LogP contribution in [0.3, 0.4) is 0 Å².